The van der Waals surface area contributed by atoms with Gasteiger partial charge in [-0.3, -0.25) is 4.79 Å². The molecular formula is C23H28N2O5. The summed E-state index contributed by atoms with van der Waals surface area (Å²) in [6.07, 6.45) is 1.93. The van der Waals surface area contributed by atoms with Gasteiger partial charge in [-0.2, -0.15) is 0 Å². The number of amides is 1. The van der Waals surface area contributed by atoms with Crippen molar-refractivity contribution in [2.75, 3.05) is 5.32 Å². The van der Waals surface area contributed by atoms with E-state index in [0.717, 1.165) is 19.3 Å². The number of rotatable bonds is 6. The molecule has 1 aliphatic rings. The summed E-state index contributed by atoms with van der Waals surface area (Å²) in [6.45, 7) is 8.36. The smallest absolute Gasteiger partial charge is 0.355 e. The molecule has 3 rings (SSSR count). The second-order valence-electron chi connectivity index (χ2n) is 7.95. The maximum absolute atomic E-state index is 12.6. The lowest BCUT2D eigenvalue weighted by atomic mass is 10.1. The second kappa shape index (κ2) is 8.73. The van der Waals surface area contributed by atoms with Crippen molar-refractivity contribution in [3.63, 3.8) is 0 Å². The summed E-state index contributed by atoms with van der Waals surface area (Å²) in [5.74, 6) is -1.62. The highest BCUT2D eigenvalue weighted by molar-refractivity contribution is 6.00. The van der Waals surface area contributed by atoms with Gasteiger partial charge in [0.15, 0.2) is 6.10 Å². The fourth-order valence-electron chi connectivity index (χ4n) is 3.70. The summed E-state index contributed by atoms with van der Waals surface area (Å²) >= 11 is 0. The molecule has 0 spiro atoms. The summed E-state index contributed by atoms with van der Waals surface area (Å²) in [6, 6.07) is 5.86. The molecule has 160 valence electrons. The zero-order valence-corrected chi connectivity index (χ0v) is 18.0. The number of H-pyrrole nitrogens is 1. The molecule has 1 heterocycles. The molecule has 0 unspecified atom stereocenters. The van der Waals surface area contributed by atoms with Crippen molar-refractivity contribution in [3.05, 3.63) is 51.8 Å². The van der Waals surface area contributed by atoms with Crippen molar-refractivity contribution >= 4 is 23.5 Å². The number of hydrogen-bond donors (Lipinski definition) is 2. The number of hydrogen-bond acceptors (Lipinski definition) is 5. The van der Waals surface area contributed by atoms with Gasteiger partial charge in [-0.15, -0.1) is 0 Å². The third kappa shape index (κ3) is 4.56. The van der Waals surface area contributed by atoms with Gasteiger partial charge in [0, 0.05) is 11.4 Å². The van der Waals surface area contributed by atoms with Crippen LogP contribution >= 0.6 is 0 Å². The Balaban J connectivity index is 1.66. The first-order valence-electron chi connectivity index (χ1n) is 10.2. The van der Waals surface area contributed by atoms with Crippen molar-refractivity contribution in [1.82, 2.24) is 4.98 Å². The fourth-order valence-corrected chi connectivity index (χ4v) is 3.70. The average Bonchev–Trinajstić information content (AvgIpc) is 3.24. The van der Waals surface area contributed by atoms with Crippen LogP contribution in [0.4, 0.5) is 5.69 Å². The van der Waals surface area contributed by atoms with Crippen LogP contribution in [0.5, 0.6) is 0 Å². The van der Waals surface area contributed by atoms with Crippen LogP contribution in [0, 0.1) is 13.8 Å². The van der Waals surface area contributed by atoms with E-state index in [-0.39, 0.29) is 11.8 Å². The molecule has 0 saturated carbocycles. The fraction of sp³-hybridized carbons (Fsp3) is 0.435. The molecule has 0 bridgehead atoms. The predicted molar refractivity (Wildman–Crippen MR) is 113 cm³/mol. The van der Waals surface area contributed by atoms with Gasteiger partial charge in [0.1, 0.15) is 5.69 Å². The Morgan fingerprint density at radius 3 is 2.40 bits per heavy atom. The van der Waals surface area contributed by atoms with Gasteiger partial charge in [0.2, 0.25) is 0 Å². The lowest BCUT2D eigenvalue weighted by molar-refractivity contribution is -0.123. The number of anilines is 1. The molecule has 1 aromatic carbocycles. The standard InChI is InChI=1S/C23H28N2O5/c1-12(2)29-22(27)19-13(3)20(24-14(19)4)23(28)30-15(5)21(26)25-18-10-9-16-7-6-8-17(16)11-18/h9-12,15,24H,6-8H2,1-5H3,(H,25,26)/t15-/m0/s1. The average molecular weight is 412 g/mol. The minimum Gasteiger partial charge on any atom is -0.459 e. The molecule has 0 fully saturated rings. The molecule has 2 aromatic rings. The Kier molecular flexibility index (Phi) is 6.29. The Bertz CT molecular complexity index is 990. The van der Waals surface area contributed by atoms with Gasteiger partial charge in [-0.25, -0.2) is 9.59 Å². The third-order valence-electron chi connectivity index (χ3n) is 5.21. The molecule has 0 saturated heterocycles. The number of nitrogens with one attached hydrogen (secondary N) is 2. The van der Waals surface area contributed by atoms with E-state index in [1.54, 1.807) is 27.7 Å². The Morgan fingerprint density at radius 1 is 1.00 bits per heavy atom. The molecule has 1 amide bonds. The largest absolute Gasteiger partial charge is 0.459 e. The zero-order chi connectivity index (χ0) is 22.0. The minimum atomic E-state index is -1.00. The summed E-state index contributed by atoms with van der Waals surface area (Å²) < 4.78 is 10.6. The summed E-state index contributed by atoms with van der Waals surface area (Å²) in [5, 5.41) is 2.80. The van der Waals surface area contributed by atoms with E-state index in [0.29, 0.717) is 22.5 Å². The molecule has 7 nitrogen and oxygen atoms in total. The predicted octanol–water partition coefficient (Wildman–Crippen LogP) is 3.87. The first kappa shape index (κ1) is 21.6. The van der Waals surface area contributed by atoms with Gasteiger partial charge in [-0.05, 0) is 82.7 Å². The van der Waals surface area contributed by atoms with Crippen LogP contribution in [0.2, 0.25) is 0 Å². The first-order chi connectivity index (χ1) is 14.2. The van der Waals surface area contributed by atoms with Crippen molar-refractivity contribution < 1.29 is 23.9 Å². The molecule has 0 radical (unpaired) electrons. The van der Waals surface area contributed by atoms with Crippen LogP contribution < -0.4 is 5.32 Å². The highest BCUT2D eigenvalue weighted by atomic mass is 16.6. The molecule has 0 aliphatic heterocycles. The number of fused-ring (bicyclic) bond motifs is 1. The van der Waals surface area contributed by atoms with Crippen LogP contribution in [0.3, 0.4) is 0 Å². The number of ether oxygens (including phenoxy) is 2. The van der Waals surface area contributed by atoms with Crippen LogP contribution in [-0.4, -0.2) is 35.0 Å². The van der Waals surface area contributed by atoms with Gasteiger partial charge in [0.25, 0.3) is 5.91 Å². The number of aromatic amines is 1. The van der Waals surface area contributed by atoms with E-state index in [2.05, 4.69) is 10.3 Å². The van der Waals surface area contributed by atoms with Gasteiger partial charge in [-0.1, -0.05) is 6.07 Å². The number of carbonyl (C=O) groups excluding carboxylic acids is 3. The van der Waals surface area contributed by atoms with E-state index in [4.69, 9.17) is 9.47 Å². The van der Waals surface area contributed by atoms with Crippen LogP contribution in [0.25, 0.3) is 0 Å². The molecular weight excluding hydrogens is 384 g/mol. The number of esters is 2. The van der Waals surface area contributed by atoms with Crippen molar-refractivity contribution in [1.29, 1.82) is 0 Å². The van der Waals surface area contributed by atoms with Crippen LogP contribution in [0.1, 0.15) is 70.4 Å². The Hall–Kier alpha value is -3.09. The highest BCUT2D eigenvalue weighted by Gasteiger charge is 2.27. The maximum atomic E-state index is 12.6. The highest BCUT2D eigenvalue weighted by Crippen LogP contribution is 2.25. The van der Waals surface area contributed by atoms with Gasteiger partial charge in [0.05, 0.1) is 11.7 Å². The number of benzene rings is 1. The second-order valence-corrected chi connectivity index (χ2v) is 7.95. The summed E-state index contributed by atoms with van der Waals surface area (Å²) in [7, 11) is 0. The maximum Gasteiger partial charge on any atom is 0.355 e. The third-order valence-corrected chi connectivity index (χ3v) is 5.21. The Morgan fingerprint density at radius 2 is 1.70 bits per heavy atom. The monoisotopic (exact) mass is 412 g/mol. The number of aryl methyl sites for hydroxylation is 3. The first-order valence-corrected chi connectivity index (χ1v) is 10.2. The zero-order valence-electron chi connectivity index (χ0n) is 18.0. The number of aromatic nitrogens is 1. The Labute approximate surface area is 176 Å². The minimum absolute atomic E-state index is 0.139. The molecule has 30 heavy (non-hydrogen) atoms. The van der Waals surface area contributed by atoms with Crippen molar-refractivity contribution in [2.24, 2.45) is 0 Å². The van der Waals surface area contributed by atoms with E-state index in [9.17, 15) is 14.4 Å². The van der Waals surface area contributed by atoms with E-state index in [1.165, 1.54) is 18.1 Å². The molecule has 1 atom stereocenters. The topological polar surface area (TPSA) is 97.5 Å². The van der Waals surface area contributed by atoms with E-state index < -0.39 is 23.9 Å². The SMILES string of the molecule is Cc1[nH]c(C(=O)O[C@@H](C)C(=O)Nc2ccc3c(c2)CCC3)c(C)c1C(=O)OC(C)C. The number of carbonyl (C=O) groups is 3. The molecule has 1 aromatic heterocycles. The van der Waals surface area contributed by atoms with Gasteiger partial charge < -0.3 is 19.8 Å². The van der Waals surface area contributed by atoms with Crippen molar-refractivity contribution in [2.45, 2.75) is 66.1 Å². The van der Waals surface area contributed by atoms with Crippen LogP contribution in [0.15, 0.2) is 18.2 Å². The van der Waals surface area contributed by atoms with E-state index in [1.807, 2.05) is 18.2 Å². The normalized spacial score (nSPS) is 13.7. The van der Waals surface area contributed by atoms with Crippen LogP contribution in [-0.2, 0) is 27.1 Å². The molecule has 2 N–H and O–H groups in total. The molecule has 7 heteroatoms. The van der Waals surface area contributed by atoms with Crippen molar-refractivity contribution in [3.8, 4) is 0 Å². The van der Waals surface area contributed by atoms with Gasteiger partial charge >= 0.3 is 11.9 Å². The molecule has 1 aliphatic carbocycles. The lowest BCUT2D eigenvalue weighted by Crippen LogP contribution is -2.30. The lowest BCUT2D eigenvalue weighted by Gasteiger charge is -2.14. The quantitative estimate of drug-likeness (QED) is 0.702. The summed E-state index contributed by atoms with van der Waals surface area (Å²) in [4.78, 5) is 40.3. The van der Waals surface area contributed by atoms with E-state index >= 15 is 0 Å². The summed E-state index contributed by atoms with van der Waals surface area (Å²) in [5.41, 5.74) is 4.66.